The van der Waals surface area contributed by atoms with Crippen molar-refractivity contribution in [1.29, 1.82) is 0 Å². The van der Waals surface area contributed by atoms with Crippen LogP contribution in [0.5, 0.6) is 0 Å². The molecule has 2 heteroatoms. The van der Waals surface area contributed by atoms with Crippen molar-refractivity contribution < 1.29 is 9.47 Å². The van der Waals surface area contributed by atoms with Crippen LogP contribution >= 0.6 is 0 Å². The van der Waals surface area contributed by atoms with E-state index in [0.29, 0.717) is 12.2 Å². The molecule has 2 atom stereocenters. The fraction of sp³-hybridized carbons (Fsp3) is 0.929. The second-order valence-electron chi connectivity index (χ2n) is 5.17. The van der Waals surface area contributed by atoms with Crippen molar-refractivity contribution >= 4 is 0 Å². The summed E-state index contributed by atoms with van der Waals surface area (Å²) in [6.07, 6.45) is 12.6. The van der Waals surface area contributed by atoms with Crippen molar-refractivity contribution in [3.05, 3.63) is 5.92 Å². The van der Waals surface area contributed by atoms with Gasteiger partial charge in [-0.05, 0) is 19.3 Å². The lowest BCUT2D eigenvalue weighted by atomic mass is 9.84. The van der Waals surface area contributed by atoms with Gasteiger partial charge >= 0.3 is 0 Å². The fourth-order valence-corrected chi connectivity index (χ4v) is 2.95. The molecule has 16 heavy (non-hydrogen) atoms. The molecule has 1 aliphatic carbocycles. The molecule has 1 heterocycles. The van der Waals surface area contributed by atoms with E-state index in [1.165, 1.54) is 44.9 Å². The molecular weight excluding hydrogens is 200 g/mol. The quantitative estimate of drug-likeness (QED) is 0.716. The number of hydrogen-bond donors (Lipinski definition) is 0. The van der Waals surface area contributed by atoms with E-state index in [0.717, 1.165) is 19.4 Å². The second-order valence-corrected chi connectivity index (χ2v) is 5.17. The van der Waals surface area contributed by atoms with Gasteiger partial charge in [0.05, 0.1) is 12.2 Å². The van der Waals surface area contributed by atoms with Crippen LogP contribution in [0, 0.1) is 5.92 Å². The average Bonchev–Trinajstić information content (AvgIpc) is 2.29. The monoisotopic (exact) mass is 225 g/mol. The average molecular weight is 225 g/mol. The molecule has 0 spiro atoms. The molecule has 1 saturated carbocycles. The molecule has 93 valence electrons. The van der Waals surface area contributed by atoms with Gasteiger partial charge in [0.1, 0.15) is 0 Å². The highest BCUT2D eigenvalue weighted by molar-refractivity contribution is 5.00. The fourth-order valence-electron chi connectivity index (χ4n) is 2.95. The maximum Gasteiger partial charge on any atom is 0.0662 e. The summed E-state index contributed by atoms with van der Waals surface area (Å²) < 4.78 is 11.4. The molecular formula is C14H25O2. The van der Waals surface area contributed by atoms with Crippen molar-refractivity contribution in [3.8, 4) is 0 Å². The standard InChI is InChI=1S/C14H25O2/c1-15-13-9-10-16-14(11-13)12-7-5-3-2-4-6-8-12/h13-14H,2-11H2,1H3. The molecule has 2 nitrogen and oxygen atoms in total. The van der Waals surface area contributed by atoms with Crippen molar-refractivity contribution in [2.24, 2.45) is 0 Å². The van der Waals surface area contributed by atoms with Crippen LogP contribution in [0.15, 0.2) is 0 Å². The van der Waals surface area contributed by atoms with Gasteiger partial charge in [-0.15, -0.1) is 0 Å². The molecule has 0 aromatic rings. The Hall–Kier alpha value is -0.0800. The Kier molecular flexibility index (Phi) is 5.11. The van der Waals surface area contributed by atoms with Gasteiger partial charge in [-0.25, -0.2) is 0 Å². The topological polar surface area (TPSA) is 18.5 Å². The number of rotatable bonds is 2. The lowest BCUT2D eigenvalue weighted by molar-refractivity contribution is -0.0551. The molecule has 0 N–H and O–H groups in total. The van der Waals surface area contributed by atoms with E-state index >= 15 is 0 Å². The predicted octanol–water partition coefficient (Wildman–Crippen LogP) is 3.50. The van der Waals surface area contributed by atoms with E-state index < -0.39 is 0 Å². The summed E-state index contributed by atoms with van der Waals surface area (Å²) in [4.78, 5) is 0. The van der Waals surface area contributed by atoms with Crippen LogP contribution in [0.3, 0.4) is 0 Å². The highest BCUT2D eigenvalue weighted by atomic mass is 16.5. The minimum Gasteiger partial charge on any atom is -0.381 e. The molecule has 0 aromatic carbocycles. The van der Waals surface area contributed by atoms with Crippen molar-refractivity contribution in [1.82, 2.24) is 0 Å². The van der Waals surface area contributed by atoms with Gasteiger partial charge in [-0.2, -0.15) is 0 Å². The minimum absolute atomic E-state index is 0.400. The zero-order valence-electron chi connectivity index (χ0n) is 10.5. The zero-order valence-corrected chi connectivity index (χ0v) is 10.5. The van der Waals surface area contributed by atoms with Crippen LogP contribution < -0.4 is 0 Å². The first-order valence-electron chi connectivity index (χ1n) is 6.89. The van der Waals surface area contributed by atoms with Crippen LogP contribution in [-0.2, 0) is 9.47 Å². The van der Waals surface area contributed by atoms with Crippen molar-refractivity contribution in [2.75, 3.05) is 13.7 Å². The smallest absolute Gasteiger partial charge is 0.0662 e. The summed E-state index contributed by atoms with van der Waals surface area (Å²) in [6, 6.07) is 0. The van der Waals surface area contributed by atoms with Gasteiger partial charge in [-0.3, -0.25) is 0 Å². The van der Waals surface area contributed by atoms with Crippen LogP contribution in [0.2, 0.25) is 0 Å². The van der Waals surface area contributed by atoms with E-state index in [2.05, 4.69) is 0 Å². The molecule has 1 radical (unpaired) electrons. The molecule has 0 bridgehead atoms. The number of hydrogen-bond acceptors (Lipinski definition) is 2. The van der Waals surface area contributed by atoms with Gasteiger partial charge in [-0.1, -0.05) is 32.1 Å². The van der Waals surface area contributed by atoms with Gasteiger partial charge in [0.15, 0.2) is 0 Å². The first-order valence-corrected chi connectivity index (χ1v) is 6.89. The van der Waals surface area contributed by atoms with E-state index in [1.54, 1.807) is 5.92 Å². The molecule has 2 unspecified atom stereocenters. The summed E-state index contributed by atoms with van der Waals surface area (Å²) >= 11 is 0. The lowest BCUT2D eigenvalue weighted by Gasteiger charge is -2.34. The van der Waals surface area contributed by atoms with Gasteiger partial charge in [0.2, 0.25) is 0 Å². The summed E-state index contributed by atoms with van der Waals surface area (Å²) in [6.45, 7) is 0.882. The Morgan fingerprint density at radius 3 is 2.44 bits per heavy atom. The Balaban J connectivity index is 1.83. The second kappa shape index (κ2) is 6.61. The highest BCUT2D eigenvalue weighted by Gasteiger charge is 2.29. The predicted molar refractivity (Wildman–Crippen MR) is 65.3 cm³/mol. The maximum absolute atomic E-state index is 5.93. The van der Waals surface area contributed by atoms with Crippen LogP contribution in [0.4, 0.5) is 0 Å². The first kappa shape index (κ1) is 12.4. The van der Waals surface area contributed by atoms with Crippen LogP contribution in [0.25, 0.3) is 0 Å². The third-order valence-corrected chi connectivity index (χ3v) is 4.02. The van der Waals surface area contributed by atoms with Crippen molar-refractivity contribution in [2.45, 2.75) is 70.0 Å². The molecule has 0 aromatic heterocycles. The van der Waals surface area contributed by atoms with E-state index in [-0.39, 0.29) is 0 Å². The van der Waals surface area contributed by atoms with Gasteiger partial charge in [0.25, 0.3) is 0 Å². The summed E-state index contributed by atoms with van der Waals surface area (Å²) in [5.41, 5.74) is 0. The Labute approximate surface area is 99.7 Å². The summed E-state index contributed by atoms with van der Waals surface area (Å²) in [5.74, 6) is 1.67. The SMILES string of the molecule is COC1CCOC([C]2CCCCCCC2)C1. The first-order chi connectivity index (χ1) is 7.90. The maximum atomic E-state index is 5.93. The van der Waals surface area contributed by atoms with E-state index in [1.807, 2.05) is 7.11 Å². The molecule has 2 aliphatic rings. The molecule has 1 saturated heterocycles. The Bertz CT molecular complexity index is 185. The molecule has 2 rings (SSSR count). The molecule has 2 fully saturated rings. The zero-order chi connectivity index (χ0) is 11.2. The Morgan fingerprint density at radius 1 is 1.06 bits per heavy atom. The lowest BCUT2D eigenvalue weighted by Crippen LogP contribution is -2.34. The minimum atomic E-state index is 0.400. The normalized spacial score (nSPS) is 34.3. The highest BCUT2D eigenvalue weighted by Crippen LogP contribution is 2.32. The summed E-state index contributed by atoms with van der Waals surface area (Å²) in [5, 5.41) is 0. The third kappa shape index (κ3) is 3.46. The van der Waals surface area contributed by atoms with E-state index in [9.17, 15) is 0 Å². The molecule has 1 aliphatic heterocycles. The third-order valence-electron chi connectivity index (χ3n) is 4.02. The Morgan fingerprint density at radius 2 is 1.75 bits per heavy atom. The van der Waals surface area contributed by atoms with Crippen LogP contribution in [0.1, 0.15) is 57.8 Å². The van der Waals surface area contributed by atoms with E-state index in [4.69, 9.17) is 9.47 Å². The largest absolute Gasteiger partial charge is 0.381 e. The van der Waals surface area contributed by atoms with Gasteiger partial charge in [0, 0.05) is 26.1 Å². The van der Waals surface area contributed by atoms with Crippen molar-refractivity contribution in [3.63, 3.8) is 0 Å². The molecule has 0 amide bonds. The number of ether oxygens (including phenoxy) is 2. The summed E-state index contributed by atoms with van der Waals surface area (Å²) in [7, 11) is 1.83. The van der Waals surface area contributed by atoms with Crippen LogP contribution in [-0.4, -0.2) is 25.9 Å². The van der Waals surface area contributed by atoms with Gasteiger partial charge < -0.3 is 9.47 Å². The number of methoxy groups -OCH3 is 1.